The quantitative estimate of drug-likeness (QED) is 0.500. The summed E-state index contributed by atoms with van der Waals surface area (Å²) in [6, 6.07) is 12.9. The molecule has 116 valence electrons. The van der Waals surface area contributed by atoms with Gasteiger partial charge in [-0.05, 0) is 30.3 Å². The lowest BCUT2D eigenvalue weighted by Crippen LogP contribution is -2.03. The van der Waals surface area contributed by atoms with E-state index in [2.05, 4.69) is 20.9 Å². The monoisotopic (exact) mass is 370 g/mol. The van der Waals surface area contributed by atoms with Crippen LogP contribution in [-0.4, -0.2) is 29.8 Å². The number of halogens is 1. The molecule has 0 saturated carbocycles. The molecule has 0 fully saturated rings. The molecule has 0 bridgehead atoms. The van der Waals surface area contributed by atoms with Gasteiger partial charge in [-0.2, -0.15) is 0 Å². The third-order valence-electron chi connectivity index (χ3n) is 3.29. The van der Waals surface area contributed by atoms with Gasteiger partial charge in [0.15, 0.2) is 11.4 Å². The first-order valence-electron chi connectivity index (χ1n) is 7.08. The smallest absolute Gasteiger partial charge is 0.227 e. The van der Waals surface area contributed by atoms with E-state index in [0.29, 0.717) is 11.5 Å². The summed E-state index contributed by atoms with van der Waals surface area (Å²) < 4.78 is 6.71. The van der Waals surface area contributed by atoms with E-state index in [0.717, 1.165) is 21.1 Å². The largest absolute Gasteiger partial charge is 0.436 e. The summed E-state index contributed by atoms with van der Waals surface area (Å²) >= 11 is 3.42. The van der Waals surface area contributed by atoms with Crippen molar-refractivity contribution in [2.45, 2.75) is 0 Å². The van der Waals surface area contributed by atoms with Crippen molar-refractivity contribution < 1.29 is 9.21 Å². The van der Waals surface area contributed by atoms with Crippen LogP contribution in [0.4, 0.5) is 0 Å². The number of fused-ring (bicyclic) bond motifs is 1. The number of carbonyl (C=O) groups is 1. The van der Waals surface area contributed by atoms with Crippen LogP contribution >= 0.6 is 15.9 Å². The fourth-order valence-corrected chi connectivity index (χ4v) is 2.46. The zero-order valence-electron chi connectivity index (χ0n) is 12.8. The van der Waals surface area contributed by atoms with Gasteiger partial charge in [0.05, 0.1) is 0 Å². The maximum Gasteiger partial charge on any atom is 0.227 e. The van der Waals surface area contributed by atoms with Crippen LogP contribution in [0.25, 0.3) is 22.6 Å². The Balaban J connectivity index is 1.87. The Kier molecular flexibility index (Phi) is 4.30. The number of rotatable bonds is 4. The zero-order chi connectivity index (χ0) is 16.4. The lowest BCUT2D eigenvalue weighted by atomic mass is 10.1. The van der Waals surface area contributed by atoms with E-state index in [1.807, 2.05) is 49.3 Å². The first kappa shape index (κ1) is 15.5. The number of benzene rings is 2. The topological polar surface area (TPSA) is 46.3 Å². The predicted octanol–water partition coefficient (Wildman–Crippen LogP) is 4.52. The van der Waals surface area contributed by atoms with Gasteiger partial charge in [-0.15, -0.1) is 0 Å². The van der Waals surface area contributed by atoms with Gasteiger partial charge < -0.3 is 9.32 Å². The number of hydrogen-bond acceptors (Lipinski definition) is 4. The molecule has 0 unspecified atom stereocenters. The molecular formula is C18H15BrN2O2. The summed E-state index contributed by atoms with van der Waals surface area (Å²) in [6.07, 6.45) is 3.28. The summed E-state index contributed by atoms with van der Waals surface area (Å²) in [5, 5.41) is 0. The average molecular weight is 371 g/mol. The fourth-order valence-electron chi connectivity index (χ4n) is 2.11. The molecule has 0 aliphatic carbocycles. The second-order valence-electron chi connectivity index (χ2n) is 5.35. The van der Waals surface area contributed by atoms with Gasteiger partial charge in [0.2, 0.25) is 5.89 Å². The number of carbonyl (C=O) groups excluding carboxylic acids is 1. The average Bonchev–Trinajstić information content (AvgIpc) is 2.95. The van der Waals surface area contributed by atoms with Crippen molar-refractivity contribution >= 4 is 32.8 Å². The highest BCUT2D eigenvalue weighted by Gasteiger charge is 2.09. The maximum absolute atomic E-state index is 12.0. The molecule has 0 aliphatic rings. The van der Waals surface area contributed by atoms with Gasteiger partial charge in [0.1, 0.15) is 5.52 Å². The van der Waals surface area contributed by atoms with Crippen LogP contribution in [0, 0.1) is 0 Å². The zero-order valence-corrected chi connectivity index (χ0v) is 14.4. The molecule has 0 N–H and O–H groups in total. The standard InChI is InChI=1S/C18H15BrN2O2/c1-21(2)10-9-16(22)12-3-5-13(6-4-12)18-20-15-11-14(19)7-8-17(15)23-18/h3-11H,1-2H3/b10-9+. The van der Waals surface area contributed by atoms with E-state index in [9.17, 15) is 4.79 Å². The van der Waals surface area contributed by atoms with E-state index in [1.54, 1.807) is 24.4 Å². The molecular weight excluding hydrogens is 356 g/mol. The molecule has 0 atom stereocenters. The summed E-state index contributed by atoms with van der Waals surface area (Å²) in [6.45, 7) is 0. The molecule has 23 heavy (non-hydrogen) atoms. The fraction of sp³-hybridized carbons (Fsp3) is 0.111. The normalized spacial score (nSPS) is 11.3. The summed E-state index contributed by atoms with van der Waals surface area (Å²) in [7, 11) is 3.75. The SMILES string of the molecule is CN(C)/C=C/C(=O)c1ccc(-c2nc3cc(Br)ccc3o2)cc1. The van der Waals surface area contributed by atoms with Crippen molar-refractivity contribution in [3.05, 3.63) is 64.8 Å². The molecule has 0 aliphatic heterocycles. The highest BCUT2D eigenvalue weighted by molar-refractivity contribution is 9.10. The number of oxazole rings is 1. The van der Waals surface area contributed by atoms with Gasteiger partial charge in [-0.1, -0.05) is 28.1 Å². The predicted molar refractivity (Wildman–Crippen MR) is 94.3 cm³/mol. The Morgan fingerprint density at radius 1 is 1.17 bits per heavy atom. The summed E-state index contributed by atoms with van der Waals surface area (Å²) in [5.74, 6) is 0.507. The van der Waals surface area contributed by atoms with Crippen molar-refractivity contribution in [3.8, 4) is 11.5 Å². The molecule has 0 radical (unpaired) electrons. The Hall–Kier alpha value is -2.40. The van der Waals surface area contributed by atoms with Crippen LogP contribution in [0.15, 0.2) is 63.6 Å². The van der Waals surface area contributed by atoms with E-state index in [-0.39, 0.29) is 5.78 Å². The van der Waals surface area contributed by atoms with Crippen LogP contribution < -0.4 is 0 Å². The Morgan fingerprint density at radius 3 is 2.61 bits per heavy atom. The lowest BCUT2D eigenvalue weighted by molar-refractivity contribution is 0.104. The van der Waals surface area contributed by atoms with Crippen LogP contribution in [0.5, 0.6) is 0 Å². The first-order valence-corrected chi connectivity index (χ1v) is 7.88. The van der Waals surface area contributed by atoms with Crippen LogP contribution in [0.3, 0.4) is 0 Å². The van der Waals surface area contributed by atoms with E-state index < -0.39 is 0 Å². The number of allylic oxidation sites excluding steroid dienone is 1. The highest BCUT2D eigenvalue weighted by Crippen LogP contribution is 2.26. The van der Waals surface area contributed by atoms with Crippen molar-refractivity contribution in [3.63, 3.8) is 0 Å². The van der Waals surface area contributed by atoms with Crippen LogP contribution in [0.1, 0.15) is 10.4 Å². The third kappa shape index (κ3) is 3.51. The molecule has 3 aromatic rings. The van der Waals surface area contributed by atoms with Gasteiger partial charge in [-0.25, -0.2) is 4.98 Å². The van der Waals surface area contributed by atoms with Gasteiger partial charge in [-0.3, -0.25) is 4.79 Å². The minimum absolute atomic E-state index is 0.0354. The summed E-state index contributed by atoms with van der Waals surface area (Å²) in [4.78, 5) is 18.3. The molecule has 1 heterocycles. The van der Waals surface area contributed by atoms with Gasteiger partial charge in [0.25, 0.3) is 0 Å². The van der Waals surface area contributed by atoms with E-state index >= 15 is 0 Å². The second kappa shape index (κ2) is 6.38. The van der Waals surface area contributed by atoms with E-state index in [4.69, 9.17) is 4.42 Å². The van der Waals surface area contributed by atoms with Gasteiger partial charge in [0, 0.05) is 42.0 Å². The minimum Gasteiger partial charge on any atom is -0.436 e. The Bertz CT molecular complexity index is 880. The first-order chi connectivity index (χ1) is 11.0. The molecule has 0 saturated heterocycles. The molecule has 0 amide bonds. The Morgan fingerprint density at radius 2 is 1.91 bits per heavy atom. The van der Waals surface area contributed by atoms with Crippen LogP contribution in [0.2, 0.25) is 0 Å². The minimum atomic E-state index is -0.0354. The van der Waals surface area contributed by atoms with Crippen molar-refractivity contribution in [1.82, 2.24) is 9.88 Å². The number of hydrogen-bond donors (Lipinski definition) is 0. The Labute approximate surface area is 142 Å². The van der Waals surface area contributed by atoms with Crippen molar-refractivity contribution in [1.29, 1.82) is 0 Å². The molecule has 1 aromatic heterocycles. The second-order valence-corrected chi connectivity index (χ2v) is 6.27. The van der Waals surface area contributed by atoms with Crippen LogP contribution in [-0.2, 0) is 0 Å². The lowest BCUT2D eigenvalue weighted by Gasteiger charge is -2.03. The molecule has 3 rings (SSSR count). The molecule has 4 nitrogen and oxygen atoms in total. The summed E-state index contributed by atoms with van der Waals surface area (Å²) in [5.41, 5.74) is 3.00. The van der Waals surface area contributed by atoms with Gasteiger partial charge >= 0.3 is 0 Å². The van der Waals surface area contributed by atoms with Crippen molar-refractivity contribution in [2.24, 2.45) is 0 Å². The maximum atomic E-state index is 12.0. The highest BCUT2D eigenvalue weighted by atomic mass is 79.9. The number of ketones is 1. The molecule has 2 aromatic carbocycles. The number of nitrogens with zero attached hydrogens (tertiary/aromatic N) is 2. The van der Waals surface area contributed by atoms with Crippen molar-refractivity contribution in [2.75, 3.05) is 14.1 Å². The molecule has 0 spiro atoms. The molecule has 5 heteroatoms. The third-order valence-corrected chi connectivity index (χ3v) is 3.78. The number of aromatic nitrogens is 1. The van der Waals surface area contributed by atoms with E-state index in [1.165, 1.54) is 0 Å².